The summed E-state index contributed by atoms with van der Waals surface area (Å²) < 4.78 is 0. The highest BCUT2D eigenvalue weighted by atomic mass is 16.6. The number of benzene rings is 1. The van der Waals surface area contributed by atoms with Gasteiger partial charge in [-0.25, -0.2) is 4.79 Å². The van der Waals surface area contributed by atoms with Crippen molar-refractivity contribution in [2.45, 2.75) is 32.2 Å². The minimum Gasteiger partial charge on any atom is -0.480 e. The summed E-state index contributed by atoms with van der Waals surface area (Å²) in [5, 5.41) is 22.2. The second-order valence-corrected chi connectivity index (χ2v) is 4.65. The molecule has 0 aliphatic carbocycles. The Morgan fingerprint density at radius 1 is 1.45 bits per heavy atom. The van der Waals surface area contributed by atoms with Gasteiger partial charge in [0.1, 0.15) is 5.54 Å². The lowest BCUT2D eigenvalue weighted by atomic mass is 9.95. The molecule has 1 unspecified atom stereocenters. The van der Waals surface area contributed by atoms with Gasteiger partial charge in [-0.05, 0) is 19.4 Å². The third-order valence-corrected chi connectivity index (χ3v) is 2.93. The Labute approximate surface area is 115 Å². The third-order valence-electron chi connectivity index (χ3n) is 2.93. The maximum atomic E-state index is 12.0. The maximum Gasteiger partial charge on any atom is 0.329 e. The first kappa shape index (κ1) is 15.6. The standard InChI is InChI=1S/C13H16N2O5/c1-3-7-13(2,12(17)18)14-11(16)9-5-4-6-10(8-9)15(19)20/h4-6,8H,3,7H2,1-2H3,(H,14,16)(H,17,18). The molecule has 7 heteroatoms. The van der Waals surface area contributed by atoms with Crippen molar-refractivity contribution in [2.24, 2.45) is 0 Å². The van der Waals surface area contributed by atoms with Gasteiger partial charge in [-0.3, -0.25) is 14.9 Å². The van der Waals surface area contributed by atoms with E-state index in [9.17, 15) is 24.8 Å². The molecule has 0 heterocycles. The van der Waals surface area contributed by atoms with Crippen molar-refractivity contribution in [1.82, 2.24) is 5.32 Å². The van der Waals surface area contributed by atoms with E-state index >= 15 is 0 Å². The van der Waals surface area contributed by atoms with Gasteiger partial charge in [0.05, 0.1) is 4.92 Å². The van der Waals surface area contributed by atoms with Crippen LogP contribution < -0.4 is 5.32 Å². The number of hydrogen-bond donors (Lipinski definition) is 2. The zero-order valence-corrected chi connectivity index (χ0v) is 11.3. The predicted octanol–water partition coefficient (Wildman–Crippen LogP) is 1.97. The van der Waals surface area contributed by atoms with Crippen LogP contribution in [0.5, 0.6) is 0 Å². The fraction of sp³-hybridized carbons (Fsp3) is 0.385. The van der Waals surface area contributed by atoms with E-state index in [2.05, 4.69) is 5.32 Å². The SMILES string of the molecule is CCCC(C)(NC(=O)c1cccc([N+](=O)[O-])c1)C(=O)O. The van der Waals surface area contributed by atoms with Gasteiger partial charge in [0, 0.05) is 17.7 Å². The molecule has 0 bridgehead atoms. The van der Waals surface area contributed by atoms with Crippen molar-refractivity contribution in [3.05, 3.63) is 39.9 Å². The molecule has 1 rings (SSSR count). The predicted molar refractivity (Wildman–Crippen MR) is 71.5 cm³/mol. The van der Waals surface area contributed by atoms with Crippen LogP contribution in [0.25, 0.3) is 0 Å². The average Bonchev–Trinajstić information content (AvgIpc) is 2.38. The van der Waals surface area contributed by atoms with Crippen molar-refractivity contribution in [3.63, 3.8) is 0 Å². The van der Waals surface area contributed by atoms with Crippen LogP contribution in [0.1, 0.15) is 37.0 Å². The van der Waals surface area contributed by atoms with Crippen molar-refractivity contribution < 1.29 is 19.6 Å². The van der Waals surface area contributed by atoms with Gasteiger partial charge >= 0.3 is 5.97 Å². The fourth-order valence-corrected chi connectivity index (χ4v) is 1.81. The van der Waals surface area contributed by atoms with Crippen molar-refractivity contribution in [1.29, 1.82) is 0 Å². The van der Waals surface area contributed by atoms with Crippen LogP contribution in [0.4, 0.5) is 5.69 Å². The number of hydrogen-bond acceptors (Lipinski definition) is 4. The Kier molecular flexibility index (Phi) is 4.79. The Bertz CT molecular complexity index is 543. The van der Waals surface area contributed by atoms with Crippen LogP contribution in [0.2, 0.25) is 0 Å². The van der Waals surface area contributed by atoms with E-state index in [4.69, 9.17) is 0 Å². The molecule has 1 aromatic carbocycles. The van der Waals surface area contributed by atoms with Crippen molar-refractivity contribution in [3.8, 4) is 0 Å². The lowest BCUT2D eigenvalue weighted by Crippen LogP contribution is -2.52. The molecule has 1 aromatic rings. The highest BCUT2D eigenvalue weighted by Crippen LogP contribution is 2.16. The molecular formula is C13H16N2O5. The zero-order valence-electron chi connectivity index (χ0n) is 11.3. The molecule has 7 nitrogen and oxygen atoms in total. The van der Waals surface area contributed by atoms with Crippen LogP contribution in [0, 0.1) is 10.1 Å². The molecule has 108 valence electrons. The minimum atomic E-state index is -1.39. The summed E-state index contributed by atoms with van der Waals surface area (Å²) in [5.74, 6) is -1.79. The Balaban J connectivity index is 2.98. The summed E-state index contributed by atoms with van der Waals surface area (Å²) in [4.78, 5) is 33.3. The molecule has 0 saturated heterocycles. The van der Waals surface area contributed by atoms with E-state index < -0.39 is 22.3 Å². The lowest BCUT2D eigenvalue weighted by molar-refractivity contribution is -0.384. The molecule has 0 aliphatic rings. The number of carbonyl (C=O) groups is 2. The number of carbonyl (C=O) groups excluding carboxylic acids is 1. The lowest BCUT2D eigenvalue weighted by Gasteiger charge is -2.25. The van der Waals surface area contributed by atoms with Crippen LogP contribution >= 0.6 is 0 Å². The topological polar surface area (TPSA) is 110 Å². The summed E-state index contributed by atoms with van der Waals surface area (Å²) in [6.45, 7) is 3.22. The normalized spacial score (nSPS) is 13.3. The third kappa shape index (κ3) is 3.53. The number of aliphatic carboxylic acids is 1. The highest BCUT2D eigenvalue weighted by molar-refractivity contribution is 5.98. The monoisotopic (exact) mass is 280 g/mol. The molecule has 2 N–H and O–H groups in total. The van der Waals surface area contributed by atoms with Gasteiger partial charge in [-0.1, -0.05) is 19.4 Å². The molecular weight excluding hydrogens is 264 g/mol. The summed E-state index contributed by atoms with van der Waals surface area (Å²) in [7, 11) is 0. The number of carboxylic acid groups (broad SMARTS) is 1. The maximum absolute atomic E-state index is 12.0. The summed E-state index contributed by atoms with van der Waals surface area (Å²) in [6.07, 6.45) is 0.848. The van der Waals surface area contributed by atoms with E-state index in [-0.39, 0.29) is 17.7 Å². The second-order valence-electron chi connectivity index (χ2n) is 4.65. The second kappa shape index (κ2) is 6.14. The van der Waals surface area contributed by atoms with Crippen molar-refractivity contribution >= 4 is 17.6 Å². The number of nitro benzene ring substituents is 1. The number of carboxylic acids is 1. The first-order valence-electron chi connectivity index (χ1n) is 6.10. The number of nitrogens with zero attached hydrogens (tertiary/aromatic N) is 1. The molecule has 1 amide bonds. The molecule has 20 heavy (non-hydrogen) atoms. The molecule has 0 spiro atoms. The summed E-state index contributed by atoms with van der Waals surface area (Å²) in [5.41, 5.74) is -1.55. The molecule has 1 atom stereocenters. The number of rotatable bonds is 6. The number of nitro groups is 1. The molecule has 0 aliphatic heterocycles. The molecule has 0 aromatic heterocycles. The number of nitrogens with one attached hydrogen (secondary N) is 1. The summed E-state index contributed by atoms with van der Waals surface area (Å²) in [6, 6.07) is 5.16. The largest absolute Gasteiger partial charge is 0.480 e. The Morgan fingerprint density at radius 3 is 2.60 bits per heavy atom. The van der Waals surface area contributed by atoms with E-state index in [0.29, 0.717) is 6.42 Å². The van der Waals surface area contributed by atoms with Gasteiger partial charge in [0.25, 0.3) is 11.6 Å². The Hall–Kier alpha value is -2.44. The number of non-ortho nitro benzene ring substituents is 1. The quantitative estimate of drug-likeness (QED) is 0.611. The smallest absolute Gasteiger partial charge is 0.329 e. The molecule has 0 radical (unpaired) electrons. The number of amides is 1. The van der Waals surface area contributed by atoms with Crippen molar-refractivity contribution in [2.75, 3.05) is 0 Å². The van der Waals surface area contributed by atoms with Crippen LogP contribution in [0.15, 0.2) is 24.3 Å². The van der Waals surface area contributed by atoms with Gasteiger partial charge in [0.15, 0.2) is 0 Å². The van der Waals surface area contributed by atoms with Gasteiger partial charge < -0.3 is 10.4 Å². The van der Waals surface area contributed by atoms with Crippen LogP contribution in [-0.2, 0) is 4.79 Å². The van der Waals surface area contributed by atoms with E-state index in [1.54, 1.807) is 6.92 Å². The fourth-order valence-electron chi connectivity index (χ4n) is 1.81. The van der Waals surface area contributed by atoms with Gasteiger partial charge in [-0.2, -0.15) is 0 Å². The first-order valence-corrected chi connectivity index (χ1v) is 6.10. The minimum absolute atomic E-state index is 0.0581. The molecule has 0 fully saturated rings. The highest BCUT2D eigenvalue weighted by Gasteiger charge is 2.34. The van der Waals surface area contributed by atoms with E-state index in [1.807, 2.05) is 0 Å². The van der Waals surface area contributed by atoms with Gasteiger partial charge in [-0.15, -0.1) is 0 Å². The zero-order chi connectivity index (χ0) is 15.3. The van der Waals surface area contributed by atoms with Crippen LogP contribution in [-0.4, -0.2) is 27.4 Å². The summed E-state index contributed by atoms with van der Waals surface area (Å²) >= 11 is 0. The first-order chi connectivity index (χ1) is 9.30. The molecule has 0 saturated carbocycles. The van der Waals surface area contributed by atoms with E-state index in [1.165, 1.54) is 25.1 Å². The van der Waals surface area contributed by atoms with Crippen LogP contribution in [0.3, 0.4) is 0 Å². The Morgan fingerprint density at radius 2 is 2.10 bits per heavy atom. The average molecular weight is 280 g/mol. The van der Waals surface area contributed by atoms with E-state index in [0.717, 1.165) is 6.07 Å². The van der Waals surface area contributed by atoms with Gasteiger partial charge in [0.2, 0.25) is 0 Å².